The molecule has 0 saturated carbocycles. The SMILES string of the molecule is CN(C(=O)c1ccc(Br)o1)c1ccc(C(N)=S)cc1. The van der Waals surface area contributed by atoms with Crippen molar-refractivity contribution in [1.29, 1.82) is 0 Å². The van der Waals surface area contributed by atoms with Gasteiger partial charge in [0.2, 0.25) is 0 Å². The predicted octanol–water partition coefficient (Wildman–Crippen LogP) is 2.95. The lowest BCUT2D eigenvalue weighted by molar-refractivity contribution is 0.0965. The number of nitrogens with zero attached hydrogens (tertiary/aromatic N) is 1. The first-order chi connectivity index (χ1) is 8.99. The summed E-state index contributed by atoms with van der Waals surface area (Å²) in [5.41, 5.74) is 7.02. The zero-order valence-electron chi connectivity index (χ0n) is 10.1. The number of rotatable bonds is 3. The maximum atomic E-state index is 12.1. The monoisotopic (exact) mass is 338 g/mol. The van der Waals surface area contributed by atoms with Gasteiger partial charge in [-0.15, -0.1) is 0 Å². The van der Waals surface area contributed by atoms with Gasteiger partial charge in [0, 0.05) is 18.3 Å². The summed E-state index contributed by atoms with van der Waals surface area (Å²) in [6.07, 6.45) is 0. The van der Waals surface area contributed by atoms with E-state index in [0.29, 0.717) is 9.66 Å². The van der Waals surface area contributed by atoms with Crippen LogP contribution in [-0.4, -0.2) is 17.9 Å². The smallest absolute Gasteiger partial charge is 0.293 e. The van der Waals surface area contributed by atoms with Gasteiger partial charge in [0.1, 0.15) is 4.99 Å². The van der Waals surface area contributed by atoms with Gasteiger partial charge in [0.25, 0.3) is 5.91 Å². The second-order valence-electron chi connectivity index (χ2n) is 3.88. The van der Waals surface area contributed by atoms with Gasteiger partial charge in [0.05, 0.1) is 0 Å². The number of benzene rings is 1. The molecule has 0 fully saturated rings. The van der Waals surface area contributed by atoms with E-state index in [1.807, 2.05) is 0 Å². The van der Waals surface area contributed by atoms with Crippen LogP contribution in [0, 0.1) is 0 Å². The fourth-order valence-corrected chi connectivity index (χ4v) is 2.00. The fourth-order valence-electron chi connectivity index (χ4n) is 1.56. The number of carbonyl (C=O) groups excluding carboxylic acids is 1. The second-order valence-corrected chi connectivity index (χ2v) is 5.10. The van der Waals surface area contributed by atoms with Crippen LogP contribution in [0.4, 0.5) is 5.69 Å². The molecule has 6 heteroatoms. The molecule has 4 nitrogen and oxygen atoms in total. The van der Waals surface area contributed by atoms with Crippen molar-refractivity contribution in [3.8, 4) is 0 Å². The summed E-state index contributed by atoms with van der Waals surface area (Å²) in [5, 5.41) is 0. The number of thiocarbonyl (C=S) groups is 1. The van der Waals surface area contributed by atoms with E-state index in [9.17, 15) is 4.79 Å². The van der Waals surface area contributed by atoms with E-state index < -0.39 is 0 Å². The minimum absolute atomic E-state index is 0.228. The van der Waals surface area contributed by atoms with Crippen LogP contribution in [0.25, 0.3) is 0 Å². The summed E-state index contributed by atoms with van der Waals surface area (Å²) in [7, 11) is 1.68. The molecule has 0 aliphatic heterocycles. The Morgan fingerprint density at radius 2 is 1.89 bits per heavy atom. The molecule has 2 aromatic rings. The highest BCUT2D eigenvalue weighted by Crippen LogP contribution is 2.19. The normalized spacial score (nSPS) is 10.2. The Hall–Kier alpha value is -1.66. The molecule has 2 rings (SSSR count). The molecule has 0 aliphatic rings. The van der Waals surface area contributed by atoms with Crippen LogP contribution in [0.1, 0.15) is 16.1 Å². The summed E-state index contributed by atoms with van der Waals surface area (Å²) in [5.74, 6) is 0.0431. The van der Waals surface area contributed by atoms with Crippen molar-refractivity contribution in [3.05, 3.63) is 52.4 Å². The molecule has 1 aromatic carbocycles. The van der Waals surface area contributed by atoms with E-state index >= 15 is 0 Å². The Kier molecular flexibility index (Phi) is 4.01. The van der Waals surface area contributed by atoms with Gasteiger partial charge in [-0.2, -0.15) is 0 Å². The zero-order chi connectivity index (χ0) is 14.0. The first-order valence-corrected chi connectivity index (χ1v) is 6.62. The maximum Gasteiger partial charge on any atom is 0.293 e. The van der Waals surface area contributed by atoms with Gasteiger partial charge < -0.3 is 15.1 Å². The standard InChI is InChI=1S/C13H11BrN2O2S/c1-16(13(17)10-6-7-11(14)18-10)9-4-2-8(3-5-9)12(15)19/h2-7H,1H3,(H2,15,19). The van der Waals surface area contributed by atoms with E-state index in [-0.39, 0.29) is 11.7 Å². The number of halogens is 1. The summed E-state index contributed by atoms with van der Waals surface area (Å²) in [6.45, 7) is 0. The van der Waals surface area contributed by atoms with E-state index in [4.69, 9.17) is 22.4 Å². The summed E-state index contributed by atoms with van der Waals surface area (Å²) in [6, 6.07) is 10.4. The molecular weight excluding hydrogens is 328 g/mol. The number of anilines is 1. The molecule has 0 aliphatic carbocycles. The van der Waals surface area contributed by atoms with Crippen molar-refractivity contribution >= 4 is 44.7 Å². The molecule has 0 radical (unpaired) electrons. The number of furan rings is 1. The topological polar surface area (TPSA) is 59.5 Å². The van der Waals surface area contributed by atoms with Gasteiger partial charge in [-0.05, 0) is 52.3 Å². The lowest BCUT2D eigenvalue weighted by atomic mass is 10.2. The highest BCUT2D eigenvalue weighted by Gasteiger charge is 2.17. The number of amides is 1. The minimum atomic E-state index is -0.228. The Morgan fingerprint density at radius 1 is 1.26 bits per heavy atom. The third kappa shape index (κ3) is 3.02. The van der Waals surface area contributed by atoms with Crippen molar-refractivity contribution < 1.29 is 9.21 Å². The quantitative estimate of drug-likeness (QED) is 0.874. The summed E-state index contributed by atoms with van der Waals surface area (Å²) >= 11 is 8.04. The van der Waals surface area contributed by atoms with Crippen LogP contribution in [0.3, 0.4) is 0 Å². The van der Waals surface area contributed by atoms with Gasteiger partial charge in [-0.3, -0.25) is 4.79 Å². The van der Waals surface area contributed by atoms with Crippen molar-refractivity contribution in [2.75, 3.05) is 11.9 Å². The van der Waals surface area contributed by atoms with Crippen molar-refractivity contribution in [2.45, 2.75) is 0 Å². The van der Waals surface area contributed by atoms with E-state index in [0.717, 1.165) is 11.3 Å². The van der Waals surface area contributed by atoms with Crippen LogP contribution >= 0.6 is 28.1 Å². The average Bonchev–Trinajstić information content (AvgIpc) is 2.84. The molecule has 98 valence electrons. The molecule has 19 heavy (non-hydrogen) atoms. The minimum Gasteiger partial charge on any atom is -0.444 e. The molecule has 2 N–H and O–H groups in total. The van der Waals surface area contributed by atoms with Crippen molar-refractivity contribution in [2.24, 2.45) is 5.73 Å². The van der Waals surface area contributed by atoms with Gasteiger partial charge in [0.15, 0.2) is 10.4 Å². The number of hydrogen-bond acceptors (Lipinski definition) is 3. The van der Waals surface area contributed by atoms with E-state index in [2.05, 4.69) is 15.9 Å². The zero-order valence-corrected chi connectivity index (χ0v) is 12.5. The molecule has 0 unspecified atom stereocenters. The van der Waals surface area contributed by atoms with Crippen molar-refractivity contribution in [3.63, 3.8) is 0 Å². The third-order valence-electron chi connectivity index (χ3n) is 2.63. The first-order valence-electron chi connectivity index (χ1n) is 5.42. The molecule has 0 bridgehead atoms. The first kappa shape index (κ1) is 13.8. The molecule has 1 amide bonds. The fraction of sp³-hybridized carbons (Fsp3) is 0.0769. The van der Waals surface area contributed by atoms with Crippen LogP contribution in [0.2, 0.25) is 0 Å². The van der Waals surface area contributed by atoms with Gasteiger partial charge >= 0.3 is 0 Å². The van der Waals surface area contributed by atoms with Crippen LogP contribution < -0.4 is 10.6 Å². The van der Waals surface area contributed by atoms with Gasteiger partial charge in [-0.25, -0.2) is 0 Å². The molecule has 1 aromatic heterocycles. The van der Waals surface area contributed by atoms with E-state index in [1.165, 1.54) is 4.90 Å². The maximum absolute atomic E-state index is 12.1. The van der Waals surface area contributed by atoms with Crippen LogP contribution in [0.5, 0.6) is 0 Å². The lowest BCUT2D eigenvalue weighted by Crippen LogP contribution is -2.25. The number of nitrogens with two attached hydrogens (primary N) is 1. The van der Waals surface area contributed by atoms with Crippen LogP contribution in [0.15, 0.2) is 45.5 Å². The molecule has 0 spiro atoms. The Balaban J connectivity index is 2.21. The predicted molar refractivity (Wildman–Crippen MR) is 81.5 cm³/mol. The second kappa shape index (κ2) is 5.54. The number of carbonyl (C=O) groups is 1. The average molecular weight is 339 g/mol. The third-order valence-corrected chi connectivity index (χ3v) is 3.29. The Morgan fingerprint density at radius 3 is 2.37 bits per heavy atom. The highest BCUT2D eigenvalue weighted by molar-refractivity contribution is 9.10. The molecular formula is C13H11BrN2O2S. The highest BCUT2D eigenvalue weighted by atomic mass is 79.9. The summed E-state index contributed by atoms with van der Waals surface area (Å²) < 4.78 is 5.76. The van der Waals surface area contributed by atoms with Crippen molar-refractivity contribution in [1.82, 2.24) is 0 Å². The molecule has 0 saturated heterocycles. The van der Waals surface area contributed by atoms with E-state index in [1.54, 1.807) is 43.4 Å². The molecule has 0 atom stereocenters. The number of hydrogen-bond donors (Lipinski definition) is 1. The lowest BCUT2D eigenvalue weighted by Gasteiger charge is -2.16. The largest absolute Gasteiger partial charge is 0.444 e. The van der Waals surface area contributed by atoms with Crippen LogP contribution in [-0.2, 0) is 0 Å². The molecule has 1 heterocycles. The Labute approximate surface area is 124 Å². The van der Waals surface area contributed by atoms with Gasteiger partial charge in [-0.1, -0.05) is 12.2 Å². The summed E-state index contributed by atoms with van der Waals surface area (Å²) in [4.78, 5) is 14.0. The Bertz CT molecular complexity index is 622.